The van der Waals surface area contributed by atoms with Crippen molar-refractivity contribution in [1.29, 1.82) is 0 Å². The Balaban J connectivity index is 2.27. The van der Waals surface area contributed by atoms with Gasteiger partial charge in [-0.2, -0.15) is 0 Å². The van der Waals surface area contributed by atoms with Gasteiger partial charge in [0.1, 0.15) is 5.75 Å². The van der Waals surface area contributed by atoms with Gasteiger partial charge in [-0.15, -0.1) is 5.10 Å². The molecule has 0 saturated heterocycles. The van der Waals surface area contributed by atoms with Crippen LogP contribution < -0.4 is 10.3 Å². The van der Waals surface area contributed by atoms with Gasteiger partial charge in [0.2, 0.25) is 5.88 Å². The van der Waals surface area contributed by atoms with Gasteiger partial charge in [0.15, 0.2) is 0 Å². The predicted molar refractivity (Wildman–Crippen MR) is 67.1 cm³/mol. The van der Waals surface area contributed by atoms with E-state index in [4.69, 9.17) is 21.4 Å². The molecule has 2 aromatic rings. The second-order valence-electron chi connectivity index (χ2n) is 3.49. The fraction of sp³-hybridized carbons (Fsp3) is 0.167. The zero-order valence-corrected chi connectivity index (χ0v) is 10.2. The summed E-state index contributed by atoms with van der Waals surface area (Å²) in [5, 5.41) is 13.2. The largest absolute Gasteiger partial charge is 0.436 e. The van der Waals surface area contributed by atoms with Crippen LogP contribution in [0.25, 0.3) is 0 Å². The third-order valence-corrected chi connectivity index (χ3v) is 2.52. The monoisotopic (exact) mass is 266 g/mol. The van der Waals surface area contributed by atoms with Crippen LogP contribution in [0, 0.1) is 0 Å². The van der Waals surface area contributed by atoms with Crippen LogP contribution in [0.3, 0.4) is 0 Å². The van der Waals surface area contributed by atoms with Crippen molar-refractivity contribution in [1.82, 2.24) is 9.78 Å². The average molecular weight is 267 g/mol. The number of rotatable bonds is 4. The highest BCUT2D eigenvalue weighted by Crippen LogP contribution is 2.26. The molecule has 0 unspecified atom stereocenters. The molecule has 0 amide bonds. The molecular weight excluding hydrogens is 256 g/mol. The smallest absolute Gasteiger partial charge is 0.267 e. The summed E-state index contributed by atoms with van der Waals surface area (Å²) in [6, 6.07) is 9.75. The number of aliphatic hydroxyl groups is 1. The fourth-order valence-corrected chi connectivity index (χ4v) is 1.55. The van der Waals surface area contributed by atoms with Crippen LogP contribution in [-0.4, -0.2) is 21.5 Å². The van der Waals surface area contributed by atoms with Gasteiger partial charge in [-0.25, -0.2) is 4.68 Å². The van der Waals surface area contributed by atoms with Gasteiger partial charge < -0.3 is 9.84 Å². The fourth-order valence-electron chi connectivity index (χ4n) is 1.38. The molecule has 94 valence electrons. The zero-order valence-electron chi connectivity index (χ0n) is 9.41. The topological polar surface area (TPSA) is 64.3 Å². The highest BCUT2D eigenvalue weighted by Gasteiger charge is 2.05. The molecule has 5 nitrogen and oxygen atoms in total. The lowest BCUT2D eigenvalue weighted by molar-refractivity contribution is 0.263. The van der Waals surface area contributed by atoms with Crippen LogP contribution in [0.15, 0.2) is 41.2 Å². The molecule has 18 heavy (non-hydrogen) atoms. The van der Waals surface area contributed by atoms with Crippen molar-refractivity contribution >= 4 is 11.6 Å². The number of para-hydroxylation sites is 1. The van der Waals surface area contributed by atoms with Crippen LogP contribution in [0.5, 0.6) is 11.6 Å². The highest BCUT2D eigenvalue weighted by molar-refractivity contribution is 6.32. The lowest BCUT2D eigenvalue weighted by atomic mass is 10.3. The summed E-state index contributed by atoms with van der Waals surface area (Å²) >= 11 is 5.95. The van der Waals surface area contributed by atoms with Crippen molar-refractivity contribution in [2.45, 2.75) is 6.54 Å². The molecule has 0 fully saturated rings. The van der Waals surface area contributed by atoms with Gasteiger partial charge >= 0.3 is 0 Å². The van der Waals surface area contributed by atoms with Crippen LogP contribution >= 0.6 is 11.6 Å². The van der Waals surface area contributed by atoms with Crippen molar-refractivity contribution < 1.29 is 9.84 Å². The summed E-state index contributed by atoms with van der Waals surface area (Å²) in [6.07, 6.45) is 0. The van der Waals surface area contributed by atoms with E-state index in [-0.39, 0.29) is 24.6 Å². The molecule has 0 bridgehead atoms. The Hall–Kier alpha value is -1.85. The van der Waals surface area contributed by atoms with Crippen molar-refractivity contribution in [2.24, 2.45) is 0 Å². The van der Waals surface area contributed by atoms with Gasteiger partial charge in [0.25, 0.3) is 5.56 Å². The van der Waals surface area contributed by atoms with Crippen LogP contribution in [0.4, 0.5) is 0 Å². The van der Waals surface area contributed by atoms with E-state index < -0.39 is 0 Å². The lowest BCUT2D eigenvalue weighted by Crippen LogP contribution is -2.23. The van der Waals surface area contributed by atoms with E-state index in [1.165, 1.54) is 12.1 Å². The maximum Gasteiger partial charge on any atom is 0.267 e. The minimum atomic E-state index is -0.296. The van der Waals surface area contributed by atoms with E-state index in [9.17, 15) is 4.79 Å². The minimum absolute atomic E-state index is 0.124. The van der Waals surface area contributed by atoms with Crippen LogP contribution in [-0.2, 0) is 6.54 Å². The normalized spacial score (nSPS) is 10.3. The number of nitrogens with zero attached hydrogens (tertiary/aromatic N) is 2. The van der Waals surface area contributed by atoms with E-state index >= 15 is 0 Å². The molecule has 6 heteroatoms. The average Bonchev–Trinajstić information content (AvgIpc) is 2.36. The number of hydrogen-bond acceptors (Lipinski definition) is 4. The van der Waals surface area contributed by atoms with Gasteiger partial charge in [0.05, 0.1) is 18.2 Å². The van der Waals surface area contributed by atoms with Crippen LogP contribution in [0.1, 0.15) is 0 Å². The second kappa shape index (κ2) is 5.66. The maximum atomic E-state index is 11.4. The van der Waals surface area contributed by atoms with Crippen molar-refractivity contribution in [2.75, 3.05) is 6.61 Å². The van der Waals surface area contributed by atoms with Crippen molar-refractivity contribution in [3.8, 4) is 11.6 Å². The summed E-state index contributed by atoms with van der Waals surface area (Å²) in [7, 11) is 0. The Morgan fingerprint density at radius 1 is 1.28 bits per heavy atom. The quantitative estimate of drug-likeness (QED) is 0.914. The number of benzene rings is 1. The Bertz CT molecular complexity index is 598. The molecule has 1 N–H and O–H groups in total. The van der Waals surface area contributed by atoms with E-state index in [2.05, 4.69) is 5.10 Å². The first-order valence-electron chi connectivity index (χ1n) is 5.32. The van der Waals surface area contributed by atoms with Crippen molar-refractivity contribution in [3.63, 3.8) is 0 Å². The SMILES string of the molecule is O=c1ccc(Oc2ccccc2Cl)nn1CCO. The Morgan fingerprint density at radius 3 is 2.78 bits per heavy atom. The molecule has 0 aliphatic carbocycles. The van der Waals surface area contributed by atoms with Gasteiger partial charge in [-0.3, -0.25) is 4.79 Å². The lowest BCUT2D eigenvalue weighted by Gasteiger charge is -2.08. The Morgan fingerprint density at radius 2 is 2.06 bits per heavy atom. The van der Waals surface area contributed by atoms with Gasteiger partial charge in [-0.05, 0) is 12.1 Å². The minimum Gasteiger partial charge on any atom is -0.436 e. The summed E-state index contributed by atoms with van der Waals surface area (Å²) in [5.41, 5.74) is -0.296. The first kappa shape index (κ1) is 12.6. The molecule has 0 saturated carbocycles. The van der Waals surface area contributed by atoms with E-state index in [0.717, 1.165) is 4.68 Å². The number of aliphatic hydroxyl groups excluding tert-OH is 1. The highest BCUT2D eigenvalue weighted by atomic mass is 35.5. The summed E-state index contributed by atoms with van der Waals surface area (Å²) < 4.78 is 6.60. The predicted octanol–water partition coefficient (Wildman–Crippen LogP) is 1.68. The first-order chi connectivity index (χ1) is 8.70. The molecule has 0 aliphatic heterocycles. The van der Waals surface area contributed by atoms with E-state index in [1.807, 2.05) is 0 Å². The van der Waals surface area contributed by atoms with Crippen molar-refractivity contribution in [3.05, 3.63) is 51.8 Å². The molecule has 0 atom stereocenters. The van der Waals surface area contributed by atoms with Gasteiger partial charge in [0, 0.05) is 12.1 Å². The number of halogens is 1. The number of ether oxygens (including phenoxy) is 1. The summed E-state index contributed by atoms with van der Waals surface area (Å²) in [4.78, 5) is 11.4. The molecule has 1 aromatic carbocycles. The molecule has 0 radical (unpaired) electrons. The van der Waals surface area contributed by atoms with Crippen LogP contribution in [0.2, 0.25) is 5.02 Å². The molecule has 2 rings (SSSR count). The maximum absolute atomic E-state index is 11.4. The first-order valence-corrected chi connectivity index (χ1v) is 5.70. The molecular formula is C12H11ClN2O3. The van der Waals surface area contributed by atoms with E-state index in [1.54, 1.807) is 24.3 Å². The van der Waals surface area contributed by atoms with Gasteiger partial charge in [-0.1, -0.05) is 23.7 Å². The molecule has 1 aromatic heterocycles. The zero-order chi connectivity index (χ0) is 13.0. The molecule has 0 spiro atoms. The summed E-state index contributed by atoms with van der Waals surface area (Å²) in [5.74, 6) is 0.706. The number of hydrogen-bond donors (Lipinski definition) is 1. The van der Waals surface area contributed by atoms with E-state index in [0.29, 0.717) is 10.8 Å². The Kier molecular flexibility index (Phi) is 3.96. The third-order valence-electron chi connectivity index (χ3n) is 2.21. The Labute approximate surface area is 108 Å². The molecule has 0 aliphatic rings. The second-order valence-corrected chi connectivity index (χ2v) is 3.90. The summed E-state index contributed by atoms with van der Waals surface area (Å²) in [6.45, 7) is -0.0407. The standard InChI is InChI=1S/C12H11ClN2O3/c13-9-3-1-2-4-10(9)18-11-5-6-12(17)15(14-11)7-8-16/h1-6,16H,7-8H2. The molecule has 1 heterocycles. The third kappa shape index (κ3) is 2.88. The number of aromatic nitrogens is 2.